The molecule has 0 bridgehead atoms. The summed E-state index contributed by atoms with van der Waals surface area (Å²) in [5.41, 5.74) is 1.37. The fraction of sp³-hybridized carbons (Fsp3) is 0.588. The van der Waals surface area contributed by atoms with Crippen molar-refractivity contribution in [2.75, 3.05) is 27.2 Å². The van der Waals surface area contributed by atoms with Gasteiger partial charge in [-0.25, -0.2) is 0 Å². The van der Waals surface area contributed by atoms with Crippen LogP contribution in [-0.4, -0.2) is 43.2 Å². The van der Waals surface area contributed by atoms with E-state index in [9.17, 15) is 5.11 Å². The Hall–Kier alpha value is -1.18. The second-order valence-electron chi connectivity index (χ2n) is 6.42. The number of likely N-dealkylation sites (tertiary alicyclic amines) is 1. The Bertz CT molecular complexity index is 573. The van der Waals surface area contributed by atoms with Gasteiger partial charge in [0, 0.05) is 32.2 Å². The van der Waals surface area contributed by atoms with Crippen molar-refractivity contribution in [3.63, 3.8) is 0 Å². The van der Waals surface area contributed by atoms with Crippen LogP contribution < -0.4 is 10.1 Å². The first-order valence-electron chi connectivity index (χ1n) is 7.97. The Kier molecular flexibility index (Phi) is 6.00. The number of hydrogen-bond acceptors (Lipinski definition) is 3. The molecule has 1 aliphatic carbocycles. The molecule has 0 aromatic heterocycles. The summed E-state index contributed by atoms with van der Waals surface area (Å²) in [6.07, 6.45) is 5.37. The first kappa shape index (κ1) is 18.2. The summed E-state index contributed by atoms with van der Waals surface area (Å²) in [5, 5.41) is 13.3. The Morgan fingerprint density at radius 1 is 1.39 bits per heavy atom. The molecule has 0 amide bonds. The van der Waals surface area contributed by atoms with Gasteiger partial charge in [-0.2, -0.15) is 0 Å². The number of nitrogens with zero attached hydrogens (tertiary/aromatic N) is 2. The number of rotatable bonds is 3. The maximum atomic E-state index is 9.96. The van der Waals surface area contributed by atoms with Gasteiger partial charge in [0.25, 0.3) is 0 Å². The molecule has 1 saturated heterocycles. The quantitative estimate of drug-likeness (QED) is 0.439. The van der Waals surface area contributed by atoms with Crippen molar-refractivity contribution in [2.45, 2.75) is 32.2 Å². The van der Waals surface area contributed by atoms with E-state index in [0.717, 1.165) is 30.4 Å². The lowest BCUT2D eigenvalue weighted by atomic mass is 9.68. The van der Waals surface area contributed by atoms with Crippen LogP contribution in [0.1, 0.15) is 31.2 Å². The Morgan fingerprint density at radius 3 is 2.74 bits per heavy atom. The molecule has 1 aromatic carbocycles. The van der Waals surface area contributed by atoms with E-state index in [4.69, 9.17) is 4.74 Å². The third-order valence-electron chi connectivity index (χ3n) is 5.09. The average molecular weight is 431 g/mol. The zero-order valence-corrected chi connectivity index (χ0v) is 16.2. The van der Waals surface area contributed by atoms with Crippen molar-refractivity contribution >= 4 is 29.9 Å². The fourth-order valence-corrected chi connectivity index (χ4v) is 3.54. The third-order valence-corrected chi connectivity index (χ3v) is 5.09. The molecule has 1 spiro atoms. The zero-order chi connectivity index (χ0) is 15.6. The molecule has 1 saturated carbocycles. The van der Waals surface area contributed by atoms with Crippen LogP contribution in [0, 0.1) is 5.41 Å². The maximum Gasteiger partial charge on any atom is 0.193 e. The van der Waals surface area contributed by atoms with E-state index in [0.29, 0.717) is 12.0 Å². The van der Waals surface area contributed by atoms with Gasteiger partial charge in [-0.1, -0.05) is 6.42 Å². The number of aliphatic imine (C=N–C) groups is 1. The number of halogens is 1. The molecule has 3 rings (SSSR count). The molecular formula is C17H26IN3O2. The van der Waals surface area contributed by atoms with Gasteiger partial charge in [0.15, 0.2) is 5.96 Å². The van der Waals surface area contributed by atoms with E-state index in [-0.39, 0.29) is 29.7 Å². The molecular weight excluding hydrogens is 405 g/mol. The minimum absolute atomic E-state index is 0. The van der Waals surface area contributed by atoms with E-state index in [2.05, 4.69) is 15.2 Å². The number of guanidine groups is 1. The largest absolute Gasteiger partial charge is 0.508 e. The molecule has 23 heavy (non-hydrogen) atoms. The molecule has 2 aliphatic rings. The summed E-state index contributed by atoms with van der Waals surface area (Å²) >= 11 is 0. The highest BCUT2D eigenvalue weighted by Gasteiger charge is 2.43. The highest BCUT2D eigenvalue weighted by molar-refractivity contribution is 14.0. The van der Waals surface area contributed by atoms with Crippen molar-refractivity contribution < 1.29 is 9.84 Å². The number of benzene rings is 1. The smallest absolute Gasteiger partial charge is 0.193 e. The second-order valence-corrected chi connectivity index (χ2v) is 6.42. The summed E-state index contributed by atoms with van der Waals surface area (Å²) in [7, 11) is 3.45. The van der Waals surface area contributed by atoms with E-state index in [1.807, 2.05) is 13.1 Å². The van der Waals surface area contributed by atoms with E-state index in [1.54, 1.807) is 19.2 Å². The van der Waals surface area contributed by atoms with Crippen LogP contribution in [-0.2, 0) is 6.54 Å². The maximum absolute atomic E-state index is 9.96. The zero-order valence-electron chi connectivity index (χ0n) is 13.8. The number of methoxy groups -OCH3 is 1. The lowest BCUT2D eigenvalue weighted by Gasteiger charge is -2.38. The summed E-state index contributed by atoms with van der Waals surface area (Å²) in [5.74, 6) is 1.95. The van der Waals surface area contributed by atoms with Gasteiger partial charge in [-0.05, 0) is 42.9 Å². The van der Waals surface area contributed by atoms with Gasteiger partial charge >= 0.3 is 0 Å². The number of ether oxygens (including phenoxy) is 1. The molecule has 2 fully saturated rings. The van der Waals surface area contributed by atoms with Gasteiger partial charge in [-0.15, -0.1) is 24.0 Å². The first-order chi connectivity index (χ1) is 10.7. The number of aromatic hydroxyl groups is 1. The monoisotopic (exact) mass is 431 g/mol. The molecule has 0 radical (unpaired) electrons. The molecule has 1 aromatic rings. The molecule has 0 unspecified atom stereocenters. The molecule has 0 atom stereocenters. The molecule has 2 N–H and O–H groups in total. The highest BCUT2D eigenvalue weighted by atomic mass is 127. The average Bonchev–Trinajstić information content (AvgIpc) is 2.95. The van der Waals surface area contributed by atoms with Gasteiger partial charge in [0.05, 0.1) is 7.11 Å². The van der Waals surface area contributed by atoms with Crippen molar-refractivity contribution in [1.29, 1.82) is 0 Å². The van der Waals surface area contributed by atoms with Crippen LogP contribution in [0.3, 0.4) is 0 Å². The lowest BCUT2D eigenvalue weighted by Crippen LogP contribution is -2.42. The summed E-state index contributed by atoms with van der Waals surface area (Å²) in [6.45, 7) is 2.72. The predicted octanol–water partition coefficient (Wildman–Crippen LogP) is 2.97. The van der Waals surface area contributed by atoms with E-state index >= 15 is 0 Å². The minimum atomic E-state index is 0. The normalized spacial score (nSPS) is 19.2. The standard InChI is InChI=1S/C17H25N3O2.HI/c1-18-16(20-9-8-17(12-20)6-3-7-17)19-11-13-10-14(22-2)4-5-15(13)21;/h4-5,10,21H,3,6-9,11-12H2,1-2H3,(H,18,19);1H. The SMILES string of the molecule is CN=C(NCc1cc(OC)ccc1O)N1CCC2(CCC2)C1.I. The van der Waals surface area contributed by atoms with Crippen LogP contribution >= 0.6 is 24.0 Å². The Labute approximate surface area is 155 Å². The van der Waals surface area contributed by atoms with Crippen molar-refractivity contribution in [3.05, 3.63) is 23.8 Å². The van der Waals surface area contributed by atoms with E-state index in [1.165, 1.54) is 25.7 Å². The van der Waals surface area contributed by atoms with Crippen LogP contribution in [0.25, 0.3) is 0 Å². The number of phenolic OH excluding ortho intramolecular Hbond substituents is 1. The number of hydrogen-bond donors (Lipinski definition) is 2. The Balaban J connectivity index is 0.00000192. The predicted molar refractivity (Wildman–Crippen MR) is 103 cm³/mol. The van der Waals surface area contributed by atoms with E-state index < -0.39 is 0 Å². The van der Waals surface area contributed by atoms with Gasteiger partial charge in [0.1, 0.15) is 11.5 Å². The molecule has 5 nitrogen and oxygen atoms in total. The van der Waals surface area contributed by atoms with Gasteiger partial charge < -0.3 is 20.1 Å². The van der Waals surface area contributed by atoms with Gasteiger partial charge in [0.2, 0.25) is 0 Å². The lowest BCUT2D eigenvalue weighted by molar-refractivity contribution is 0.151. The topological polar surface area (TPSA) is 57.1 Å². The van der Waals surface area contributed by atoms with Crippen molar-refractivity contribution in [1.82, 2.24) is 10.2 Å². The molecule has 128 valence electrons. The highest BCUT2D eigenvalue weighted by Crippen LogP contribution is 2.47. The van der Waals surface area contributed by atoms with Crippen LogP contribution in [0.15, 0.2) is 23.2 Å². The fourth-order valence-electron chi connectivity index (χ4n) is 3.54. The van der Waals surface area contributed by atoms with Crippen LogP contribution in [0.4, 0.5) is 0 Å². The summed E-state index contributed by atoms with van der Waals surface area (Å²) in [4.78, 5) is 6.74. The van der Waals surface area contributed by atoms with Gasteiger partial charge in [-0.3, -0.25) is 4.99 Å². The molecule has 6 heteroatoms. The Morgan fingerprint density at radius 2 is 2.17 bits per heavy atom. The van der Waals surface area contributed by atoms with Crippen molar-refractivity contribution in [3.8, 4) is 11.5 Å². The van der Waals surface area contributed by atoms with Crippen LogP contribution in [0.2, 0.25) is 0 Å². The number of nitrogens with one attached hydrogen (secondary N) is 1. The first-order valence-corrected chi connectivity index (χ1v) is 7.97. The molecule has 1 heterocycles. The number of phenols is 1. The molecule has 1 aliphatic heterocycles. The van der Waals surface area contributed by atoms with Crippen molar-refractivity contribution in [2.24, 2.45) is 10.4 Å². The summed E-state index contributed by atoms with van der Waals surface area (Å²) in [6, 6.07) is 5.28. The minimum Gasteiger partial charge on any atom is -0.508 e. The summed E-state index contributed by atoms with van der Waals surface area (Å²) < 4.78 is 5.21. The second kappa shape index (κ2) is 7.59. The van der Waals surface area contributed by atoms with Crippen LogP contribution in [0.5, 0.6) is 11.5 Å². The third kappa shape index (κ3) is 3.84.